The van der Waals surface area contributed by atoms with E-state index in [1.807, 2.05) is 0 Å². The summed E-state index contributed by atoms with van der Waals surface area (Å²) < 4.78 is 2.38. The maximum absolute atomic E-state index is 2.45. The third kappa shape index (κ3) is 5.09. The third-order valence-corrected chi connectivity index (χ3v) is 12.0. The van der Waals surface area contributed by atoms with E-state index < -0.39 is 0 Å². The topological polar surface area (TPSA) is 8.17 Å². The highest BCUT2D eigenvalue weighted by molar-refractivity contribution is 6.10. The molecule has 0 radical (unpaired) electrons. The molecule has 1 unspecified atom stereocenters. The SMILES string of the molecule is CC1(c2ccccc2)C=CC(N(c2ccc(-c3ccc4c(c3)c3ccccc3n4-c3ccccc3)cc2)c2ccc3c(c2)C(C)(C)c2ccccc2-3)=CC1. The highest BCUT2D eigenvalue weighted by atomic mass is 15.1. The Bertz CT molecular complexity index is 2760. The maximum atomic E-state index is 2.45. The van der Waals surface area contributed by atoms with Crippen LogP contribution in [0, 0.1) is 0 Å². The molecule has 1 heterocycles. The van der Waals surface area contributed by atoms with Crippen molar-refractivity contribution < 1.29 is 0 Å². The van der Waals surface area contributed by atoms with Gasteiger partial charge in [0.15, 0.2) is 0 Å². The Kier molecular flexibility index (Phi) is 7.39. The quantitative estimate of drug-likeness (QED) is 0.168. The van der Waals surface area contributed by atoms with Crippen molar-refractivity contribution >= 4 is 33.2 Å². The zero-order chi connectivity index (χ0) is 36.4. The highest BCUT2D eigenvalue weighted by Crippen LogP contribution is 2.50. The van der Waals surface area contributed by atoms with Gasteiger partial charge in [-0.15, -0.1) is 0 Å². The molecule has 0 fully saturated rings. The average molecular weight is 695 g/mol. The lowest BCUT2D eigenvalue weighted by atomic mass is 9.77. The summed E-state index contributed by atoms with van der Waals surface area (Å²) in [6, 6.07) is 62.3. The Morgan fingerprint density at radius 3 is 1.94 bits per heavy atom. The van der Waals surface area contributed by atoms with Crippen LogP contribution >= 0.6 is 0 Å². The van der Waals surface area contributed by atoms with Crippen LogP contribution in [0.2, 0.25) is 0 Å². The van der Waals surface area contributed by atoms with Crippen LogP contribution in [-0.2, 0) is 10.8 Å². The van der Waals surface area contributed by atoms with E-state index >= 15 is 0 Å². The van der Waals surface area contributed by atoms with E-state index in [0.29, 0.717) is 0 Å². The summed E-state index contributed by atoms with van der Waals surface area (Å²) in [7, 11) is 0. The van der Waals surface area contributed by atoms with Crippen LogP contribution in [0.1, 0.15) is 43.9 Å². The van der Waals surface area contributed by atoms with Crippen molar-refractivity contribution in [3.05, 3.63) is 210 Å². The first-order valence-corrected chi connectivity index (χ1v) is 19.1. The zero-order valence-corrected chi connectivity index (χ0v) is 31.0. The standard InChI is InChI=1S/C52H42N2/c1-51(2)47-20-12-10-18-43(47)44-28-27-42(35-48(44)51)53(41-30-32-52(3,33-31-41)38-14-6-4-7-15-38)40-25-22-36(23-26-40)37-24-29-50-46(34-37)45-19-11-13-21-49(45)54(50)39-16-8-5-9-17-39/h4-32,34-35H,33H2,1-3H3. The van der Waals surface area contributed by atoms with Crippen molar-refractivity contribution in [2.45, 2.75) is 38.0 Å². The number of allylic oxidation sites excluding steroid dienone is 3. The van der Waals surface area contributed by atoms with Gasteiger partial charge in [0.25, 0.3) is 0 Å². The highest BCUT2D eigenvalue weighted by Gasteiger charge is 2.36. The van der Waals surface area contributed by atoms with E-state index in [1.54, 1.807) is 0 Å². The summed E-state index contributed by atoms with van der Waals surface area (Å²) in [6.45, 7) is 7.06. The van der Waals surface area contributed by atoms with Crippen molar-refractivity contribution in [1.29, 1.82) is 0 Å². The molecule has 0 N–H and O–H groups in total. The minimum absolute atomic E-state index is 0.0515. The molecule has 0 spiro atoms. The molecule has 1 atom stereocenters. The van der Waals surface area contributed by atoms with Crippen LogP contribution in [0.25, 0.3) is 49.7 Å². The van der Waals surface area contributed by atoms with Crippen LogP contribution in [0.4, 0.5) is 11.4 Å². The molecule has 2 nitrogen and oxygen atoms in total. The summed E-state index contributed by atoms with van der Waals surface area (Å²) in [4.78, 5) is 2.45. The molecule has 0 saturated heterocycles. The number of nitrogens with zero attached hydrogens (tertiary/aromatic N) is 2. The van der Waals surface area contributed by atoms with Crippen molar-refractivity contribution in [2.24, 2.45) is 0 Å². The van der Waals surface area contributed by atoms with E-state index in [0.717, 1.165) is 12.1 Å². The molecule has 7 aromatic carbocycles. The van der Waals surface area contributed by atoms with Gasteiger partial charge in [0.1, 0.15) is 0 Å². The minimum Gasteiger partial charge on any atom is -0.311 e. The van der Waals surface area contributed by atoms with Crippen LogP contribution in [0.3, 0.4) is 0 Å². The Hall–Kier alpha value is -6.38. The molecular formula is C52H42N2. The van der Waals surface area contributed by atoms with Gasteiger partial charge in [0, 0.05) is 44.4 Å². The lowest BCUT2D eigenvalue weighted by Crippen LogP contribution is -2.24. The van der Waals surface area contributed by atoms with Crippen LogP contribution in [0.15, 0.2) is 194 Å². The number of para-hydroxylation sites is 2. The molecule has 0 bridgehead atoms. The van der Waals surface area contributed by atoms with Crippen molar-refractivity contribution in [2.75, 3.05) is 4.90 Å². The van der Waals surface area contributed by atoms with E-state index in [1.165, 1.54) is 77.8 Å². The summed E-state index contributed by atoms with van der Waals surface area (Å²) in [5, 5.41) is 2.53. The van der Waals surface area contributed by atoms with Gasteiger partial charge in [-0.05, 0) is 106 Å². The largest absolute Gasteiger partial charge is 0.311 e. The van der Waals surface area contributed by atoms with Gasteiger partial charge in [0.05, 0.1) is 11.0 Å². The summed E-state index contributed by atoms with van der Waals surface area (Å²) in [5.41, 5.74) is 16.2. The second-order valence-electron chi connectivity index (χ2n) is 15.7. The Balaban J connectivity index is 1.06. The fraction of sp³-hybridized carbons (Fsp3) is 0.115. The van der Waals surface area contributed by atoms with Gasteiger partial charge in [-0.2, -0.15) is 0 Å². The third-order valence-electron chi connectivity index (χ3n) is 12.0. The summed E-state index contributed by atoms with van der Waals surface area (Å²) in [5.74, 6) is 0. The lowest BCUT2D eigenvalue weighted by molar-refractivity contribution is 0.595. The van der Waals surface area contributed by atoms with E-state index in [4.69, 9.17) is 0 Å². The van der Waals surface area contributed by atoms with Gasteiger partial charge >= 0.3 is 0 Å². The van der Waals surface area contributed by atoms with Gasteiger partial charge in [-0.25, -0.2) is 0 Å². The van der Waals surface area contributed by atoms with Gasteiger partial charge in [-0.3, -0.25) is 0 Å². The first-order valence-electron chi connectivity index (χ1n) is 19.1. The Labute approximate surface area is 318 Å². The first-order chi connectivity index (χ1) is 26.4. The number of hydrogen-bond acceptors (Lipinski definition) is 1. The molecule has 2 heteroatoms. The fourth-order valence-electron chi connectivity index (χ4n) is 9.01. The van der Waals surface area contributed by atoms with Crippen LogP contribution < -0.4 is 4.90 Å². The first kappa shape index (κ1) is 32.3. The van der Waals surface area contributed by atoms with Crippen molar-refractivity contribution in [3.63, 3.8) is 0 Å². The zero-order valence-electron chi connectivity index (χ0n) is 31.0. The summed E-state index contributed by atoms with van der Waals surface area (Å²) in [6.07, 6.45) is 8.07. The Morgan fingerprint density at radius 1 is 0.519 bits per heavy atom. The van der Waals surface area contributed by atoms with Crippen molar-refractivity contribution in [3.8, 4) is 27.9 Å². The molecular weight excluding hydrogens is 653 g/mol. The second kappa shape index (κ2) is 12.4. The van der Waals surface area contributed by atoms with E-state index in [-0.39, 0.29) is 10.8 Å². The molecule has 8 aromatic rings. The number of anilines is 2. The molecule has 54 heavy (non-hydrogen) atoms. The molecule has 2 aliphatic carbocycles. The molecule has 0 aliphatic heterocycles. The van der Waals surface area contributed by atoms with Crippen LogP contribution in [-0.4, -0.2) is 4.57 Å². The molecule has 260 valence electrons. The van der Waals surface area contributed by atoms with E-state index in [2.05, 4.69) is 218 Å². The monoisotopic (exact) mass is 694 g/mol. The number of fused-ring (bicyclic) bond motifs is 6. The predicted molar refractivity (Wildman–Crippen MR) is 228 cm³/mol. The predicted octanol–water partition coefficient (Wildman–Crippen LogP) is 13.7. The Morgan fingerprint density at radius 2 is 1.17 bits per heavy atom. The fourth-order valence-corrected chi connectivity index (χ4v) is 9.01. The van der Waals surface area contributed by atoms with Gasteiger partial charge in [-0.1, -0.05) is 148 Å². The maximum Gasteiger partial charge on any atom is 0.0541 e. The molecule has 2 aliphatic rings. The van der Waals surface area contributed by atoms with E-state index in [9.17, 15) is 0 Å². The lowest BCUT2D eigenvalue weighted by Gasteiger charge is -2.34. The number of rotatable bonds is 6. The number of benzene rings is 7. The normalized spacial score (nSPS) is 17.0. The number of hydrogen-bond donors (Lipinski definition) is 0. The second-order valence-corrected chi connectivity index (χ2v) is 15.7. The molecule has 1 aromatic heterocycles. The molecule has 0 saturated carbocycles. The molecule has 0 amide bonds. The average Bonchev–Trinajstić information content (AvgIpc) is 3.67. The minimum atomic E-state index is -0.0809. The summed E-state index contributed by atoms with van der Waals surface area (Å²) >= 11 is 0. The molecule has 10 rings (SSSR count). The van der Waals surface area contributed by atoms with Gasteiger partial charge in [0.2, 0.25) is 0 Å². The number of aromatic nitrogens is 1. The smallest absolute Gasteiger partial charge is 0.0541 e. The van der Waals surface area contributed by atoms with Crippen LogP contribution in [0.5, 0.6) is 0 Å². The van der Waals surface area contributed by atoms with Gasteiger partial charge < -0.3 is 9.47 Å². The van der Waals surface area contributed by atoms with Crippen molar-refractivity contribution in [1.82, 2.24) is 4.57 Å².